The molecule has 2 aromatic carbocycles. The Labute approximate surface area is 168 Å². The van der Waals surface area contributed by atoms with Crippen LogP contribution in [0.5, 0.6) is 5.75 Å². The first-order chi connectivity index (χ1) is 14.1. The SMILES string of the molecule is COC(=O)c1ccc([N+](=O)[O-])c(Nc2cccc(OCCN3CCOCC3)c2)c1. The number of nitrogens with zero attached hydrogens (tertiary/aromatic N) is 2. The van der Waals surface area contributed by atoms with Crippen LogP contribution in [0.1, 0.15) is 10.4 Å². The average Bonchev–Trinajstić information content (AvgIpc) is 2.74. The highest BCUT2D eigenvalue weighted by Crippen LogP contribution is 2.30. The molecular weight excluding hydrogens is 378 g/mol. The van der Waals surface area contributed by atoms with Crippen molar-refractivity contribution in [1.29, 1.82) is 0 Å². The van der Waals surface area contributed by atoms with Crippen LogP contribution < -0.4 is 10.1 Å². The van der Waals surface area contributed by atoms with E-state index in [1.54, 1.807) is 18.2 Å². The molecule has 9 heteroatoms. The standard InChI is InChI=1S/C20H23N3O6/c1-27-20(24)15-5-6-19(23(25)26)18(13-15)21-16-3-2-4-17(14-16)29-12-9-22-7-10-28-11-8-22/h2-6,13-14,21H,7-12H2,1H3. The highest BCUT2D eigenvalue weighted by molar-refractivity contribution is 5.92. The fraction of sp³-hybridized carbons (Fsp3) is 0.350. The number of nitrogens with one attached hydrogen (secondary N) is 1. The molecule has 1 heterocycles. The van der Waals surface area contributed by atoms with E-state index in [1.165, 1.54) is 25.3 Å². The summed E-state index contributed by atoms with van der Waals surface area (Å²) in [6.45, 7) is 4.59. The predicted octanol–water partition coefficient (Wildman–Crippen LogP) is 2.84. The van der Waals surface area contributed by atoms with Crippen molar-refractivity contribution in [3.63, 3.8) is 0 Å². The van der Waals surface area contributed by atoms with Gasteiger partial charge in [0.2, 0.25) is 0 Å². The summed E-state index contributed by atoms with van der Waals surface area (Å²) in [5.74, 6) is 0.0816. The number of benzene rings is 2. The largest absolute Gasteiger partial charge is 0.492 e. The van der Waals surface area contributed by atoms with Crippen molar-refractivity contribution in [2.75, 3.05) is 51.9 Å². The Morgan fingerprint density at radius 3 is 2.76 bits per heavy atom. The van der Waals surface area contributed by atoms with Crippen LogP contribution in [0.3, 0.4) is 0 Å². The van der Waals surface area contributed by atoms with E-state index in [2.05, 4.69) is 15.0 Å². The molecule has 3 rings (SSSR count). The van der Waals surface area contributed by atoms with Gasteiger partial charge in [-0.25, -0.2) is 4.79 Å². The second kappa shape index (κ2) is 9.85. The Morgan fingerprint density at radius 2 is 2.03 bits per heavy atom. The van der Waals surface area contributed by atoms with Gasteiger partial charge in [0.25, 0.3) is 5.69 Å². The Balaban J connectivity index is 1.68. The fourth-order valence-electron chi connectivity index (χ4n) is 2.98. The number of carbonyl (C=O) groups is 1. The van der Waals surface area contributed by atoms with Gasteiger partial charge in [-0.05, 0) is 24.3 Å². The van der Waals surface area contributed by atoms with Gasteiger partial charge in [-0.15, -0.1) is 0 Å². The van der Waals surface area contributed by atoms with E-state index in [-0.39, 0.29) is 16.9 Å². The first-order valence-corrected chi connectivity index (χ1v) is 9.23. The van der Waals surface area contributed by atoms with E-state index in [1.807, 2.05) is 6.07 Å². The van der Waals surface area contributed by atoms with Crippen molar-refractivity contribution in [3.8, 4) is 5.75 Å². The number of carbonyl (C=O) groups excluding carboxylic acids is 1. The summed E-state index contributed by atoms with van der Waals surface area (Å²) >= 11 is 0. The Hall–Kier alpha value is -3.17. The molecule has 1 N–H and O–H groups in total. The number of ether oxygens (including phenoxy) is 3. The summed E-state index contributed by atoms with van der Waals surface area (Å²) in [5.41, 5.74) is 0.886. The second-order valence-corrected chi connectivity index (χ2v) is 6.44. The van der Waals surface area contributed by atoms with E-state index >= 15 is 0 Å². The van der Waals surface area contributed by atoms with Crippen molar-refractivity contribution >= 4 is 23.0 Å². The van der Waals surface area contributed by atoms with Gasteiger partial charge in [0.05, 0.1) is 30.8 Å². The molecule has 0 aromatic heterocycles. The number of methoxy groups -OCH3 is 1. The van der Waals surface area contributed by atoms with Gasteiger partial charge in [0.15, 0.2) is 0 Å². The van der Waals surface area contributed by atoms with Crippen LogP contribution in [0.2, 0.25) is 0 Å². The predicted molar refractivity (Wildman–Crippen MR) is 107 cm³/mol. The quantitative estimate of drug-likeness (QED) is 0.409. The first kappa shape index (κ1) is 20.6. The minimum atomic E-state index is -0.567. The molecule has 2 aromatic rings. The summed E-state index contributed by atoms with van der Waals surface area (Å²) in [4.78, 5) is 24.8. The zero-order chi connectivity index (χ0) is 20.6. The van der Waals surface area contributed by atoms with Crippen LogP contribution in [0.4, 0.5) is 17.1 Å². The summed E-state index contributed by atoms with van der Waals surface area (Å²) < 4.78 is 15.8. The molecule has 0 spiro atoms. The second-order valence-electron chi connectivity index (χ2n) is 6.44. The number of hydrogen-bond donors (Lipinski definition) is 1. The van der Waals surface area contributed by atoms with Gasteiger partial charge in [-0.1, -0.05) is 6.07 Å². The van der Waals surface area contributed by atoms with Crippen LogP contribution in [0, 0.1) is 10.1 Å². The Bertz CT molecular complexity index is 867. The van der Waals surface area contributed by atoms with Gasteiger partial charge in [0, 0.05) is 37.5 Å². The molecule has 1 saturated heterocycles. The molecule has 29 heavy (non-hydrogen) atoms. The lowest BCUT2D eigenvalue weighted by molar-refractivity contribution is -0.383. The van der Waals surface area contributed by atoms with Gasteiger partial charge in [0.1, 0.15) is 18.0 Å². The number of rotatable bonds is 8. The lowest BCUT2D eigenvalue weighted by Crippen LogP contribution is -2.38. The van der Waals surface area contributed by atoms with Crippen LogP contribution >= 0.6 is 0 Å². The molecule has 0 atom stereocenters. The van der Waals surface area contributed by atoms with E-state index < -0.39 is 10.9 Å². The topological polar surface area (TPSA) is 103 Å². The third-order valence-corrected chi connectivity index (χ3v) is 4.51. The minimum absolute atomic E-state index is 0.142. The number of nitro benzene ring substituents is 1. The van der Waals surface area contributed by atoms with Crippen LogP contribution in [-0.4, -0.2) is 62.4 Å². The van der Waals surface area contributed by atoms with Gasteiger partial charge >= 0.3 is 5.97 Å². The van der Waals surface area contributed by atoms with E-state index in [4.69, 9.17) is 9.47 Å². The van der Waals surface area contributed by atoms with Gasteiger partial charge < -0.3 is 19.5 Å². The zero-order valence-electron chi connectivity index (χ0n) is 16.1. The van der Waals surface area contributed by atoms with Crippen LogP contribution in [0.15, 0.2) is 42.5 Å². The first-order valence-electron chi connectivity index (χ1n) is 9.23. The lowest BCUT2D eigenvalue weighted by Gasteiger charge is -2.26. The Kier molecular flexibility index (Phi) is 6.99. The summed E-state index contributed by atoms with van der Waals surface area (Å²) in [5, 5.41) is 14.3. The number of morpholine rings is 1. The van der Waals surface area contributed by atoms with Crippen molar-refractivity contribution in [1.82, 2.24) is 4.90 Å². The zero-order valence-corrected chi connectivity index (χ0v) is 16.1. The maximum Gasteiger partial charge on any atom is 0.337 e. The normalized spacial score (nSPS) is 14.2. The maximum absolute atomic E-state index is 11.8. The highest BCUT2D eigenvalue weighted by atomic mass is 16.6. The molecule has 1 fully saturated rings. The Morgan fingerprint density at radius 1 is 1.24 bits per heavy atom. The number of anilines is 2. The number of esters is 1. The van der Waals surface area contributed by atoms with Crippen molar-refractivity contribution in [2.45, 2.75) is 0 Å². The molecule has 1 aliphatic heterocycles. The molecule has 0 aliphatic carbocycles. The van der Waals surface area contributed by atoms with E-state index in [0.29, 0.717) is 18.0 Å². The van der Waals surface area contributed by atoms with Crippen molar-refractivity contribution < 1.29 is 23.9 Å². The molecule has 1 aliphatic rings. The summed E-state index contributed by atoms with van der Waals surface area (Å²) in [6.07, 6.45) is 0. The molecule has 0 saturated carbocycles. The summed E-state index contributed by atoms with van der Waals surface area (Å²) in [7, 11) is 1.26. The third kappa shape index (κ3) is 5.66. The fourth-order valence-corrected chi connectivity index (χ4v) is 2.98. The monoisotopic (exact) mass is 401 g/mol. The molecule has 154 valence electrons. The smallest absolute Gasteiger partial charge is 0.337 e. The van der Waals surface area contributed by atoms with Crippen molar-refractivity contribution in [2.24, 2.45) is 0 Å². The van der Waals surface area contributed by atoms with Gasteiger partial charge in [-0.2, -0.15) is 0 Å². The van der Waals surface area contributed by atoms with Crippen LogP contribution in [0.25, 0.3) is 0 Å². The van der Waals surface area contributed by atoms with E-state index in [0.717, 1.165) is 32.8 Å². The number of nitro groups is 1. The maximum atomic E-state index is 11.8. The molecule has 0 radical (unpaired) electrons. The molecule has 0 unspecified atom stereocenters. The van der Waals surface area contributed by atoms with Crippen molar-refractivity contribution in [3.05, 3.63) is 58.1 Å². The highest BCUT2D eigenvalue weighted by Gasteiger charge is 2.17. The minimum Gasteiger partial charge on any atom is -0.492 e. The number of hydrogen-bond acceptors (Lipinski definition) is 8. The molecular formula is C20H23N3O6. The molecule has 0 bridgehead atoms. The van der Waals surface area contributed by atoms with Gasteiger partial charge in [-0.3, -0.25) is 15.0 Å². The van der Waals surface area contributed by atoms with E-state index in [9.17, 15) is 14.9 Å². The molecule has 9 nitrogen and oxygen atoms in total. The van der Waals surface area contributed by atoms with Crippen LogP contribution in [-0.2, 0) is 9.47 Å². The molecule has 0 amide bonds. The summed E-state index contributed by atoms with van der Waals surface area (Å²) in [6, 6.07) is 11.2. The third-order valence-electron chi connectivity index (χ3n) is 4.51. The lowest BCUT2D eigenvalue weighted by atomic mass is 10.1. The average molecular weight is 401 g/mol.